The van der Waals surface area contributed by atoms with Crippen LogP contribution in [0.25, 0.3) is 0 Å². The summed E-state index contributed by atoms with van der Waals surface area (Å²) in [5.41, 5.74) is 0.584. The molecule has 0 radical (unpaired) electrons. The number of hydrogen-bond donors (Lipinski definition) is 1. The summed E-state index contributed by atoms with van der Waals surface area (Å²) in [6, 6.07) is 2.95. The van der Waals surface area contributed by atoms with Gasteiger partial charge in [-0.1, -0.05) is 23.2 Å². The summed E-state index contributed by atoms with van der Waals surface area (Å²) in [5, 5.41) is 0.597. The Bertz CT molecular complexity index is 560. The second-order valence-electron chi connectivity index (χ2n) is 4.94. The molecule has 0 saturated heterocycles. The molecule has 0 aliphatic rings. The molecule has 0 saturated carbocycles. The van der Waals surface area contributed by atoms with Gasteiger partial charge in [-0.2, -0.15) is 0 Å². The van der Waals surface area contributed by atoms with E-state index in [2.05, 4.69) is 9.62 Å². The molecule has 0 heterocycles. The summed E-state index contributed by atoms with van der Waals surface area (Å²) in [7, 11) is 0.441. The van der Waals surface area contributed by atoms with E-state index < -0.39 is 10.0 Å². The molecule has 1 rings (SSSR count). The van der Waals surface area contributed by atoms with E-state index in [0.717, 1.165) is 19.4 Å². The smallest absolute Gasteiger partial charge is 0.240 e. The third-order valence-electron chi connectivity index (χ3n) is 2.83. The lowest BCUT2D eigenvalue weighted by atomic mass is 10.2. The van der Waals surface area contributed by atoms with Crippen molar-refractivity contribution in [2.75, 3.05) is 27.2 Å². The second kappa shape index (κ2) is 7.61. The standard InChI is InChI=1S/C13H20Cl2N2O2S/c1-10-8-11(14)12(15)9-13(10)20(18,19)16-6-4-5-7-17(2)3/h8-9,16H,4-7H2,1-3H3. The van der Waals surface area contributed by atoms with E-state index in [-0.39, 0.29) is 9.92 Å². The Hall–Kier alpha value is -0.330. The van der Waals surface area contributed by atoms with Crippen molar-refractivity contribution in [3.63, 3.8) is 0 Å². The van der Waals surface area contributed by atoms with Crippen LogP contribution in [0.4, 0.5) is 0 Å². The lowest BCUT2D eigenvalue weighted by molar-refractivity contribution is 0.394. The highest BCUT2D eigenvalue weighted by Crippen LogP contribution is 2.27. The molecule has 0 bridgehead atoms. The first-order valence-electron chi connectivity index (χ1n) is 6.34. The van der Waals surface area contributed by atoms with Crippen LogP contribution in [0.15, 0.2) is 17.0 Å². The molecule has 0 amide bonds. The van der Waals surface area contributed by atoms with E-state index in [4.69, 9.17) is 23.2 Å². The number of unbranched alkanes of at least 4 members (excludes halogenated alkanes) is 1. The molecule has 1 aromatic carbocycles. The van der Waals surface area contributed by atoms with Crippen molar-refractivity contribution in [3.8, 4) is 0 Å². The normalized spacial score (nSPS) is 12.1. The number of aryl methyl sites for hydroxylation is 1. The number of nitrogens with one attached hydrogen (secondary N) is 1. The quantitative estimate of drug-likeness (QED) is 0.777. The van der Waals surface area contributed by atoms with E-state index in [9.17, 15) is 8.42 Å². The molecule has 0 spiro atoms. The topological polar surface area (TPSA) is 49.4 Å². The van der Waals surface area contributed by atoms with Crippen LogP contribution < -0.4 is 4.72 Å². The molecule has 20 heavy (non-hydrogen) atoms. The Morgan fingerprint density at radius 3 is 2.35 bits per heavy atom. The van der Waals surface area contributed by atoms with Gasteiger partial charge in [0.1, 0.15) is 0 Å². The van der Waals surface area contributed by atoms with E-state index in [1.165, 1.54) is 6.07 Å². The molecule has 1 aromatic rings. The average Bonchev–Trinajstić information content (AvgIpc) is 2.32. The van der Waals surface area contributed by atoms with Gasteiger partial charge in [-0.25, -0.2) is 13.1 Å². The molecular weight excluding hydrogens is 319 g/mol. The zero-order valence-corrected chi connectivity index (χ0v) is 14.2. The van der Waals surface area contributed by atoms with Gasteiger partial charge in [-0.3, -0.25) is 0 Å². The van der Waals surface area contributed by atoms with E-state index >= 15 is 0 Å². The van der Waals surface area contributed by atoms with Gasteiger partial charge >= 0.3 is 0 Å². The van der Waals surface area contributed by atoms with Crippen LogP contribution in [0.3, 0.4) is 0 Å². The van der Waals surface area contributed by atoms with Crippen LogP contribution in [0.5, 0.6) is 0 Å². The van der Waals surface area contributed by atoms with Crippen LogP contribution in [0.2, 0.25) is 10.0 Å². The molecular formula is C13H20Cl2N2O2S. The number of benzene rings is 1. The van der Waals surface area contributed by atoms with Gasteiger partial charge in [0.15, 0.2) is 0 Å². The SMILES string of the molecule is Cc1cc(Cl)c(Cl)cc1S(=O)(=O)NCCCCN(C)C. The lowest BCUT2D eigenvalue weighted by Gasteiger charge is -2.12. The number of sulfonamides is 1. The number of halogens is 2. The van der Waals surface area contributed by atoms with Gasteiger partial charge in [0.25, 0.3) is 0 Å². The minimum atomic E-state index is -3.54. The van der Waals surface area contributed by atoms with Crippen LogP contribution in [0, 0.1) is 6.92 Å². The monoisotopic (exact) mass is 338 g/mol. The molecule has 0 aromatic heterocycles. The van der Waals surface area contributed by atoms with Crippen molar-refractivity contribution in [1.82, 2.24) is 9.62 Å². The van der Waals surface area contributed by atoms with Crippen LogP contribution in [-0.2, 0) is 10.0 Å². The van der Waals surface area contributed by atoms with Crippen LogP contribution in [-0.4, -0.2) is 40.5 Å². The predicted octanol–water partition coefficient (Wildman–Crippen LogP) is 2.92. The first-order valence-corrected chi connectivity index (χ1v) is 8.58. The third kappa shape index (κ3) is 5.22. The minimum absolute atomic E-state index is 0.180. The van der Waals surface area contributed by atoms with Crippen molar-refractivity contribution >= 4 is 33.2 Å². The molecule has 1 N–H and O–H groups in total. The highest BCUT2D eigenvalue weighted by atomic mass is 35.5. The minimum Gasteiger partial charge on any atom is -0.309 e. The van der Waals surface area contributed by atoms with Crippen molar-refractivity contribution in [1.29, 1.82) is 0 Å². The van der Waals surface area contributed by atoms with Gasteiger partial charge in [0.2, 0.25) is 10.0 Å². The van der Waals surface area contributed by atoms with E-state index in [1.54, 1.807) is 13.0 Å². The zero-order chi connectivity index (χ0) is 15.3. The highest BCUT2D eigenvalue weighted by Gasteiger charge is 2.18. The Kier molecular flexibility index (Phi) is 6.75. The van der Waals surface area contributed by atoms with E-state index in [0.29, 0.717) is 17.1 Å². The summed E-state index contributed by atoms with van der Waals surface area (Å²) < 4.78 is 27.0. The Labute approximate surface area is 131 Å². The lowest BCUT2D eigenvalue weighted by Crippen LogP contribution is -2.26. The van der Waals surface area contributed by atoms with Gasteiger partial charge in [0, 0.05) is 6.54 Å². The van der Waals surface area contributed by atoms with Gasteiger partial charge < -0.3 is 4.90 Å². The Morgan fingerprint density at radius 1 is 1.15 bits per heavy atom. The van der Waals surface area contributed by atoms with Crippen molar-refractivity contribution < 1.29 is 8.42 Å². The number of hydrogen-bond acceptors (Lipinski definition) is 3. The first-order chi connectivity index (χ1) is 9.24. The first kappa shape index (κ1) is 17.7. The maximum Gasteiger partial charge on any atom is 0.240 e. The Morgan fingerprint density at radius 2 is 1.75 bits per heavy atom. The largest absolute Gasteiger partial charge is 0.309 e. The second-order valence-corrected chi connectivity index (χ2v) is 7.49. The maximum absolute atomic E-state index is 12.2. The van der Waals surface area contributed by atoms with Gasteiger partial charge in [-0.15, -0.1) is 0 Å². The number of nitrogens with zero attached hydrogens (tertiary/aromatic N) is 1. The van der Waals surface area contributed by atoms with Crippen LogP contribution >= 0.6 is 23.2 Å². The molecule has 7 heteroatoms. The third-order valence-corrected chi connectivity index (χ3v) is 5.16. The fraction of sp³-hybridized carbons (Fsp3) is 0.538. The fourth-order valence-corrected chi connectivity index (χ4v) is 3.53. The summed E-state index contributed by atoms with van der Waals surface area (Å²) >= 11 is 11.7. The summed E-state index contributed by atoms with van der Waals surface area (Å²) in [6.07, 6.45) is 1.73. The van der Waals surface area contributed by atoms with Crippen molar-refractivity contribution in [2.24, 2.45) is 0 Å². The molecule has 4 nitrogen and oxygen atoms in total. The number of rotatable bonds is 7. The van der Waals surface area contributed by atoms with Crippen molar-refractivity contribution in [3.05, 3.63) is 27.7 Å². The van der Waals surface area contributed by atoms with Gasteiger partial charge in [0.05, 0.1) is 14.9 Å². The fourth-order valence-electron chi connectivity index (χ4n) is 1.75. The average molecular weight is 339 g/mol. The molecule has 0 unspecified atom stereocenters. The zero-order valence-electron chi connectivity index (χ0n) is 11.9. The summed E-state index contributed by atoms with van der Waals surface area (Å²) in [4.78, 5) is 2.25. The molecule has 0 aliphatic heterocycles. The Balaban J connectivity index is 2.68. The van der Waals surface area contributed by atoms with Gasteiger partial charge in [-0.05, 0) is 58.1 Å². The van der Waals surface area contributed by atoms with Crippen LogP contribution in [0.1, 0.15) is 18.4 Å². The molecule has 0 atom stereocenters. The summed E-state index contributed by atoms with van der Waals surface area (Å²) in [6.45, 7) is 3.05. The molecule has 114 valence electrons. The summed E-state index contributed by atoms with van der Waals surface area (Å²) in [5.74, 6) is 0. The maximum atomic E-state index is 12.2. The highest BCUT2D eigenvalue weighted by molar-refractivity contribution is 7.89. The molecule has 0 aliphatic carbocycles. The van der Waals surface area contributed by atoms with Crippen molar-refractivity contribution in [2.45, 2.75) is 24.7 Å². The predicted molar refractivity (Wildman–Crippen MR) is 84.2 cm³/mol. The van der Waals surface area contributed by atoms with E-state index in [1.807, 2.05) is 14.1 Å². The molecule has 0 fully saturated rings.